The zero-order valence-electron chi connectivity index (χ0n) is 7.56. The average molecular weight is 188 g/mol. The van der Waals surface area contributed by atoms with Gasteiger partial charge in [-0.2, -0.15) is 0 Å². The van der Waals surface area contributed by atoms with Gasteiger partial charge in [0.1, 0.15) is 0 Å². The Hall–Kier alpha value is -2.00. The van der Waals surface area contributed by atoms with Gasteiger partial charge in [0.25, 0.3) is 0 Å². The molecule has 1 atom stereocenters. The zero-order chi connectivity index (χ0) is 10.2. The summed E-state index contributed by atoms with van der Waals surface area (Å²) in [5, 5.41) is 6.22. The van der Waals surface area contributed by atoms with E-state index in [1.165, 1.54) is 0 Å². The molecule has 0 aromatic heterocycles. The average Bonchev–Trinajstić information content (AvgIpc) is 2.41. The molecule has 14 heavy (non-hydrogen) atoms. The summed E-state index contributed by atoms with van der Waals surface area (Å²) in [4.78, 5) is 14.3. The number of hydrogen-bond acceptors (Lipinski definition) is 2. The Balaban J connectivity index is 2.65. The van der Waals surface area contributed by atoms with Gasteiger partial charge in [-0.25, -0.2) is 0 Å². The molecule has 0 radical (unpaired) electrons. The molecule has 1 heterocycles. The molecule has 0 bridgehead atoms. The van der Waals surface area contributed by atoms with Crippen molar-refractivity contribution in [1.29, 1.82) is 0 Å². The molecule has 5 heteroatoms. The first-order chi connectivity index (χ1) is 6.68. The number of azide groups is 1. The molecule has 1 aliphatic heterocycles. The first-order valence-corrected chi connectivity index (χ1v) is 4.16. The molecule has 2 rings (SSSR count). The molecule has 1 aliphatic rings. The summed E-state index contributed by atoms with van der Waals surface area (Å²) in [6.07, 6.45) is 0. The lowest BCUT2D eigenvalue weighted by Crippen LogP contribution is -2.27. The van der Waals surface area contributed by atoms with Crippen LogP contribution in [0.4, 0.5) is 5.69 Å². The van der Waals surface area contributed by atoms with E-state index in [-0.39, 0.29) is 5.91 Å². The van der Waals surface area contributed by atoms with Crippen LogP contribution in [0.5, 0.6) is 0 Å². The minimum absolute atomic E-state index is 0.281. The van der Waals surface area contributed by atoms with E-state index in [9.17, 15) is 4.79 Å². The third-order valence-corrected chi connectivity index (χ3v) is 2.39. The molecule has 0 unspecified atom stereocenters. The number of hydrogen-bond donors (Lipinski definition) is 1. The molecule has 1 aromatic carbocycles. The minimum Gasteiger partial charge on any atom is -0.325 e. The highest BCUT2D eigenvalue weighted by atomic mass is 16.2. The van der Waals surface area contributed by atoms with Crippen LogP contribution in [0.25, 0.3) is 10.4 Å². The summed E-state index contributed by atoms with van der Waals surface area (Å²) in [6, 6.07) is 7.19. The van der Waals surface area contributed by atoms with Crippen molar-refractivity contribution < 1.29 is 4.79 Å². The van der Waals surface area contributed by atoms with Gasteiger partial charge in [0.15, 0.2) is 5.54 Å². The number of benzene rings is 1. The van der Waals surface area contributed by atoms with Gasteiger partial charge in [-0.05, 0) is 24.1 Å². The Morgan fingerprint density at radius 1 is 1.50 bits per heavy atom. The maximum Gasteiger partial charge on any atom is 0.240 e. The Labute approximate surface area is 80.4 Å². The number of nitrogens with zero attached hydrogens (tertiary/aromatic N) is 3. The van der Waals surface area contributed by atoms with Crippen LogP contribution in [0.1, 0.15) is 12.5 Å². The van der Waals surface area contributed by atoms with Crippen LogP contribution < -0.4 is 5.32 Å². The molecule has 1 N–H and O–H groups in total. The second-order valence-corrected chi connectivity index (χ2v) is 3.26. The van der Waals surface area contributed by atoms with Crippen LogP contribution >= 0.6 is 0 Å². The zero-order valence-corrected chi connectivity index (χ0v) is 7.56. The van der Waals surface area contributed by atoms with Crippen molar-refractivity contribution in [2.24, 2.45) is 5.11 Å². The fraction of sp³-hybridized carbons (Fsp3) is 0.222. The highest BCUT2D eigenvalue weighted by molar-refractivity contribution is 6.05. The van der Waals surface area contributed by atoms with Gasteiger partial charge in [-0.1, -0.05) is 23.3 Å². The Morgan fingerprint density at radius 2 is 2.21 bits per heavy atom. The van der Waals surface area contributed by atoms with E-state index in [2.05, 4.69) is 15.3 Å². The number of fused-ring (bicyclic) bond motifs is 1. The van der Waals surface area contributed by atoms with Crippen LogP contribution in [0.3, 0.4) is 0 Å². The molecule has 0 fully saturated rings. The topological polar surface area (TPSA) is 77.9 Å². The molecule has 0 saturated heterocycles. The number of carbonyl (C=O) groups excluding carboxylic acids is 1. The smallest absolute Gasteiger partial charge is 0.240 e. The van der Waals surface area contributed by atoms with Gasteiger partial charge in [0.2, 0.25) is 5.91 Å². The largest absolute Gasteiger partial charge is 0.325 e. The number of para-hydroxylation sites is 1. The maximum atomic E-state index is 11.6. The summed E-state index contributed by atoms with van der Waals surface area (Å²) in [5.74, 6) is -0.281. The summed E-state index contributed by atoms with van der Waals surface area (Å²) in [5.41, 5.74) is 8.75. The van der Waals surface area contributed by atoms with E-state index in [0.717, 1.165) is 5.56 Å². The predicted octanol–water partition coefficient (Wildman–Crippen LogP) is 2.16. The fourth-order valence-corrected chi connectivity index (χ4v) is 1.57. The van der Waals surface area contributed by atoms with Gasteiger partial charge < -0.3 is 5.32 Å². The van der Waals surface area contributed by atoms with Gasteiger partial charge in [-0.3, -0.25) is 4.79 Å². The molecular formula is C9H8N4O. The van der Waals surface area contributed by atoms with Gasteiger partial charge in [-0.15, -0.1) is 0 Å². The van der Waals surface area contributed by atoms with Gasteiger partial charge in [0.05, 0.1) is 0 Å². The molecule has 1 aromatic rings. The van der Waals surface area contributed by atoms with Crippen molar-refractivity contribution in [2.45, 2.75) is 12.5 Å². The molecular weight excluding hydrogens is 180 g/mol. The Bertz CT molecular complexity index is 450. The van der Waals surface area contributed by atoms with E-state index >= 15 is 0 Å². The lowest BCUT2D eigenvalue weighted by atomic mass is 9.95. The Morgan fingerprint density at radius 3 is 2.93 bits per heavy atom. The van der Waals surface area contributed by atoms with Crippen LogP contribution in [0, 0.1) is 0 Å². The molecule has 0 spiro atoms. The highest BCUT2D eigenvalue weighted by Gasteiger charge is 2.41. The maximum absolute atomic E-state index is 11.6. The third-order valence-electron chi connectivity index (χ3n) is 2.39. The van der Waals surface area contributed by atoms with Crippen molar-refractivity contribution in [1.82, 2.24) is 0 Å². The van der Waals surface area contributed by atoms with Crippen molar-refractivity contribution in [3.05, 3.63) is 40.3 Å². The first kappa shape index (κ1) is 8.59. The van der Waals surface area contributed by atoms with E-state index < -0.39 is 5.54 Å². The normalized spacial score (nSPS) is 23.6. The second-order valence-electron chi connectivity index (χ2n) is 3.26. The first-order valence-electron chi connectivity index (χ1n) is 4.16. The number of nitrogens with one attached hydrogen (secondary N) is 1. The van der Waals surface area contributed by atoms with Crippen molar-refractivity contribution >= 4 is 11.6 Å². The van der Waals surface area contributed by atoms with Crippen molar-refractivity contribution in [3.8, 4) is 0 Å². The summed E-state index contributed by atoms with van der Waals surface area (Å²) >= 11 is 0. The quantitative estimate of drug-likeness (QED) is 0.409. The highest BCUT2D eigenvalue weighted by Crippen LogP contribution is 2.38. The summed E-state index contributed by atoms with van der Waals surface area (Å²) < 4.78 is 0. The number of carbonyl (C=O) groups is 1. The molecule has 0 aliphatic carbocycles. The lowest BCUT2D eigenvalue weighted by molar-refractivity contribution is -0.120. The van der Waals surface area contributed by atoms with Crippen LogP contribution in [0.15, 0.2) is 29.4 Å². The third kappa shape index (κ3) is 0.963. The van der Waals surface area contributed by atoms with E-state index in [4.69, 9.17) is 5.53 Å². The SMILES string of the molecule is C[C@]1(N=[N+]=[N-])C(=O)Nc2ccccc21. The number of anilines is 1. The minimum atomic E-state index is -1.11. The van der Waals surface area contributed by atoms with E-state index in [0.29, 0.717) is 5.69 Å². The summed E-state index contributed by atoms with van der Waals surface area (Å²) in [6.45, 7) is 1.61. The molecule has 0 saturated carbocycles. The summed E-state index contributed by atoms with van der Waals surface area (Å²) in [7, 11) is 0. The van der Waals surface area contributed by atoms with Crippen LogP contribution in [-0.4, -0.2) is 5.91 Å². The monoisotopic (exact) mass is 188 g/mol. The number of amides is 1. The lowest BCUT2D eigenvalue weighted by Gasteiger charge is -2.13. The van der Waals surface area contributed by atoms with Crippen molar-refractivity contribution in [3.63, 3.8) is 0 Å². The van der Waals surface area contributed by atoms with Gasteiger partial charge in [0, 0.05) is 10.6 Å². The second kappa shape index (κ2) is 2.75. The van der Waals surface area contributed by atoms with E-state index in [1.807, 2.05) is 12.1 Å². The van der Waals surface area contributed by atoms with Crippen LogP contribution in [0.2, 0.25) is 0 Å². The molecule has 70 valence electrons. The van der Waals surface area contributed by atoms with Gasteiger partial charge >= 0.3 is 0 Å². The Kier molecular flexibility index (Phi) is 1.69. The predicted molar refractivity (Wildman–Crippen MR) is 51.6 cm³/mol. The number of rotatable bonds is 1. The molecule has 5 nitrogen and oxygen atoms in total. The van der Waals surface area contributed by atoms with Crippen molar-refractivity contribution in [2.75, 3.05) is 5.32 Å². The standard InChI is InChI=1S/C9H8N4O/c1-9(12-13-10)6-4-2-3-5-7(6)11-8(9)14/h2-5H,1H3,(H,11,14)/t9-/m1/s1. The fourth-order valence-electron chi connectivity index (χ4n) is 1.57. The van der Waals surface area contributed by atoms with E-state index in [1.54, 1.807) is 19.1 Å². The molecule has 1 amide bonds. The van der Waals surface area contributed by atoms with Crippen LogP contribution in [-0.2, 0) is 10.3 Å².